The van der Waals surface area contributed by atoms with E-state index < -0.39 is 4.92 Å². The number of pyridine rings is 1. The van der Waals surface area contributed by atoms with Crippen LogP contribution in [0.2, 0.25) is 0 Å². The number of aromatic nitrogens is 1. The number of hydrogen-bond acceptors (Lipinski definition) is 5. The number of nitro groups is 1. The summed E-state index contributed by atoms with van der Waals surface area (Å²) in [6, 6.07) is 0. The van der Waals surface area contributed by atoms with Gasteiger partial charge in [-0.3, -0.25) is 10.1 Å². The van der Waals surface area contributed by atoms with Crippen LogP contribution in [-0.2, 0) is 0 Å². The highest BCUT2D eigenvalue weighted by Gasteiger charge is 2.18. The van der Waals surface area contributed by atoms with Crippen LogP contribution in [0.15, 0.2) is 10.7 Å². The Morgan fingerprint density at radius 3 is 2.81 bits per heavy atom. The molecule has 0 bridgehead atoms. The van der Waals surface area contributed by atoms with Crippen molar-refractivity contribution in [2.45, 2.75) is 26.7 Å². The van der Waals surface area contributed by atoms with Crippen LogP contribution in [0, 0.1) is 23.0 Å². The van der Waals surface area contributed by atoms with Gasteiger partial charge in [0.25, 0.3) is 5.69 Å². The monoisotopic (exact) mass is 356 g/mol. The summed E-state index contributed by atoms with van der Waals surface area (Å²) in [7, 11) is 0. The number of nitrogens with one attached hydrogen (secondary N) is 1. The maximum absolute atomic E-state index is 10.9. The van der Waals surface area contributed by atoms with Crippen LogP contribution in [0.25, 0.3) is 0 Å². The van der Waals surface area contributed by atoms with Crippen LogP contribution in [0.3, 0.4) is 0 Å². The second-order valence-corrected chi connectivity index (χ2v) is 6.47. The molecule has 1 unspecified atom stereocenters. The quantitative estimate of drug-likeness (QED) is 0.625. The number of likely N-dealkylation sites (tertiary alicyclic amines) is 1. The molecule has 21 heavy (non-hydrogen) atoms. The van der Waals surface area contributed by atoms with Gasteiger partial charge in [-0.1, -0.05) is 6.92 Å². The minimum Gasteiger partial charge on any atom is -0.369 e. The molecule has 1 fully saturated rings. The Balaban J connectivity index is 1.93. The minimum atomic E-state index is -0.410. The van der Waals surface area contributed by atoms with Crippen molar-refractivity contribution < 1.29 is 4.92 Å². The van der Waals surface area contributed by atoms with Crippen molar-refractivity contribution in [1.82, 2.24) is 9.88 Å². The first kappa shape index (κ1) is 16.2. The molecule has 1 aliphatic heterocycles. The predicted octanol–water partition coefficient (Wildman–Crippen LogP) is 3.20. The largest absolute Gasteiger partial charge is 0.369 e. The Kier molecular flexibility index (Phi) is 5.52. The first-order chi connectivity index (χ1) is 9.99. The summed E-state index contributed by atoms with van der Waals surface area (Å²) < 4.78 is 0.671. The van der Waals surface area contributed by atoms with Crippen LogP contribution >= 0.6 is 15.9 Å². The number of halogens is 1. The highest BCUT2D eigenvalue weighted by Crippen LogP contribution is 2.30. The number of hydrogen-bond donors (Lipinski definition) is 1. The van der Waals surface area contributed by atoms with E-state index in [0.29, 0.717) is 21.8 Å². The van der Waals surface area contributed by atoms with Gasteiger partial charge in [0, 0.05) is 18.7 Å². The average molecular weight is 357 g/mol. The molecule has 1 aromatic heterocycles. The molecule has 7 heteroatoms. The summed E-state index contributed by atoms with van der Waals surface area (Å²) in [4.78, 5) is 17.1. The summed E-state index contributed by atoms with van der Waals surface area (Å²) in [5.74, 6) is 1.18. The number of nitrogens with zero attached hydrogens (tertiary/aromatic N) is 3. The van der Waals surface area contributed by atoms with Crippen LogP contribution in [0.5, 0.6) is 0 Å². The Bertz CT molecular complexity index is 518. The van der Waals surface area contributed by atoms with Crippen LogP contribution in [0.4, 0.5) is 11.5 Å². The molecule has 0 amide bonds. The molecule has 0 spiro atoms. The van der Waals surface area contributed by atoms with Gasteiger partial charge in [0.05, 0.1) is 9.40 Å². The third kappa shape index (κ3) is 4.14. The molecule has 2 rings (SSSR count). The molecular formula is C14H21BrN4O2. The van der Waals surface area contributed by atoms with Crippen molar-refractivity contribution in [2.75, 3.05) is 31.5 Å². The zero-order chi connectivity index (χ0) is 15.4. The predicted molar refractivity (Wildman–Crippen MR) is 86.7 cm³/mol. The highest BCUT2D eigenvalue weighted by atomic mass is 79.9. The van der Waals surface area contributed by atoms with E-state index in [4.69, 9.17) is 0 Å². The average Bonchev–Trinajstić information content (AvgIpc) is 2.93. The van der Waals surface area contributed by atoms with Crippen LogP contribution in [-0.4, -0.2) is 41.0 Å². The third-order valence-corrected chi connectivity index (χ3v) is 4.79. The zero-order valence-corrected chi connectivity index (χ0v) is 14.0. The molecule has 6 nitrogen and oxygen atoms in total. The Hall–Kier alpha value is -1.21. The van der Waals surface area contributed by atoms with E-state index in [1.807, 2.05) is 0 Å². The lowest BCUT2D eigenvalue weighted by Crippen LogP contribution is -2.29. The normalized spacial score (nSPS) is 16.9. The molecule has 1 saturated heterocycles. The molecule has 1 N–H and O–H groups in total. The van der Waals surface area contributed by atoms with Crippen molar-refractivity contribution >= 4 is 27.4 Å². The van der Waals surface area contributed by atoms with E-state index in [9.17, 15) is 10.1 Å². The van der Waals surface area contributed by atoms with Crippen molar-refractivity contribution in [3.8, 4) is 0 Å². The summed E-state index contributed by atoms with van der Waals surface area (Å²) in [5, 5.41) is 14.1. The summed E-state index contributed by atoms with van der Waals surface area (Å²) in [6.45, 7) is 8.21. The van der Waals surface area contributed by atoms with Crippen molar-refractivity contribution in [3.63, 3.8) is 0 Å². The van der Waals surface area contributed by atoms with Gasteiger partial charge >= 0.3 is 0 Å². The van der Waals surface area contributed by atoms with E-state index in [1.165, 1.54) is 32.1 Å². The lowest BCUT2D eigenvalue weighted by atomic mass is 10.1. The number of anilines is 1. The summed E-state index contributed by atoms with van der Waals surface area (Å²) in [5.41, 5.74) is 0.641. The molecule has 1 atom stereocenters. The topological polar surface area (TPSA) is 71.3 Å². The zero-order valence-electron chi connectivity index (χ0n) is 12.4. The van der Waals surface area contributed by atoms with Gasteiger partial charge in [-0.2, -0.15) is 0 Å². The van der Waals surface area contributed by atoms with Crippen LogP contribution < -0.4 is 5.32 Å². The third-order valence-electron chi connectivity index (χ3n) is 3.82. The van der Waals surface area contributed by atoms with Gasteiger partial charge in [0.15, 0.2) is 0 Å². The fraction of sp³-hybridized carbons (Fsp3) is 0.643. The van der Waals surface area contributed by atoms with Gasteiger partial charge in [-0.05, 0) is 54.7 Å². The van der Waals surface area contributed by atoms with Gasteiger partial charge < -0.3 is 10.2 Å². The second-order valence-electron chi connectivity index (χ2n) is 5.68. The molecule has 2 heterocycles. The van der Waals surface area contributed by atoms with E-state index >= 15 is 0 Å². The van der Waals surface area contributed by atoms with Crippen molar-refractivity contribution in [2.24, 2.45) is 5.92 Å². The molecule has 116 valence electrons. The fourth-order valence-corrected chi connectivity index (χ4v) is 3.06. The van der Waals surface area contributed by atoms with E-state index in [0.717, 1.165) is 13.1 Å². The SMILES string of the molecule is Cc1c([N+](=O)[O-])cnc(NCC(C)CN2CCCC2)c1Br. The molecule has 0 radical (unpaired) electrons. The van der Waals surface area contributed by atoms with Gasteiger partial charge in [-0.25, -0.2) is 4.98 Å². The molecule has 0 saturated carbocycles. The van der Waals surface area contributed by atoms with E-state index in [1.54, 1.807) is 6.92 Å². The Morgan fingerprint density at radius 2 is 2.19 bits per heavy atom. The van der Waals surface area contributed by atoms with Gasteiger partial charge in [-0.15, -0.1) is 0 Å². The summed E-state index contributed by atoms with van der Waals surface area (Å²) in [6.07, 6.45) is 3.91. The first-order valence-electron chi connectivity index (χ1n) is 7.24. The highest BCUT2D eigenvalue weighted by molar-refractivity contribution is 9.10. The van der Waals surface area contributed by atoms with Crippen molar-refractivity contribution in [1.29, 1.82) is 0 Å². The fourth-order valence-electron chi connectivity index (χ4n) is 2.62. The molecular weight excluding hydrogens is 336 g/mol. The first-order valence-corrected chi connectivity index (χ1v) is 8.04. The Labute approximate surface area is 133 Å². The molecule has 0 aliphatic carbocycles. The standard InChI is InChI=1S/C14H21BrN4O2/c1-10(9-18-5-3-4-6-18)7-16-14-13(15)11(2)12(8-17-14)19(20)21/h8,10H,3-7,9H2,1-2H3,(H,16,17). The molecule has 1 aromatic rings. The molecule has 1 aliphatic rings. The smallest absolute Gasteiger partial charge is 0.291 e. The van der Waals surface area contributed by atoms with Crippen LogP contribution in [0.1, 0.15) is 25.3 Å². The maximum Gasteiger partial charge on any atom is 0.291 e. The van der Waals surface area contributed by atoms with E-state index in [-0.39, 0.29) is 5.69 Å². The van der Waals surface area contributed by atoms with Gasteiger partial charge in [0.1, 0.15) is 12.0 Å². The minimum absolute atomic E-state index is 0.0394. The van der Waals surface area contributed by atoms with Crippen molar-refractivity contribution in [3.05, 3.63) is 26.3 Å². The second kappa shape index (κ2) is 7.17. The van der Waals surface area contributed by atoms with Gasteiger partial charge in [0.2, 0.25) is 0 Å². The lowest BCUT2D eigenvalue weighted by Gasteiger charge is -2.21. The Morgan fingerprint density at radius 1 is 1.52 bits per heavy atom. The molecule has 0 aromatic carbocycles. The maximum atomic E-state index is 10.9. The van der Waals surface area contributed by atoms with E-state index in [2.05, 4.69) is 38.1 Å². The number of rotatable bonds is 6. The summed E-state index contributed by atoms with van der Waals surface area (Å²) >= 11 is 3.40. The lowest BCUT2D eigenvalue weighted by molar-refractivity contribution is -0.385.